The monoisotopic (exact) mass is 381 g/mol. The number of aryl methyl sites for hydroxylation is 1. The number of hydrogen-bond donors (Lipinski definition) is 2. The molecule has 148 valence electrons. The van der Waals surface area contributed by atoms with Crippen molar-refractivity contribution >= 4 is 17.3 Å². The number of aliphatic hydroxyl groups excluding tert-OH is 1. The van der Waals surface area contributed by atoms with Crippen LogP contribution in [0.3, 0.4) is 0 Å². The lowest BCUT2D eigenvalue weighted by atomic mass is 10.1. The smallest absolute Gasteiger partial charge is 0.228 e. The first-order valence-electron chi connectivity index (χ1n) is 9.84. The maximum atomic E-state index is 11.4. The lowest BCUT2D eigenvalue weighted by Crippen LogP contribution is -2.49. The molecule has 28 heavy (non-hydrogen) atoms. The van der Waals surface area contributed by atoms with Crippen LogP contribution in [0.4, 0.5) is 11.4 Å². The Kier molecular flexibility index (Phi) is 5.50. The highest BCUT2D eigenvalue weighted by Gasteiger charge is 2.21. The van der Waals surface area contributed by atoms with Crippen molar-refractivity contribution in [2.45, 2.75) is 19.4 Å². The molecule has 0 radical (unpaired) electrons. The van der Waals surface area contributed by atoms with E-state index in [0.717, 1.165) is 37.4 Å². The van der Waals surface area contributed by atoms with Crippen LogP contribution in [-0.4, -0.2) is 61.3 Å². The van der Waals surface area contributed by atoms with Gasteiger partial charge >= 0.3 is 0 Å². The van der Waals surface area contributed by atoms with Gasteiger partial charge in [-0.05, 0) is 48.4 Å². The first kappa shape index (κ1) is 18.8. The standard InChI is InChI=1S/C22H27N3O3/c1-16-3-2-4-18(11-16)25-9-7-24(8-10-25)14-19(26)15-28-20-5-6-21-17(12-20)13-22(27)23-21/h2-6,11-12,19,26H,7-10,13-15H2,1H3,(H,23,27). The van der Waals surface area contributed by atoms with Gasteiger partial charge in [-0.15, -0.1) is 0 Å². The van der Waals surface area contributed by atoms with E-state index in [2.05, 4.69) is 46.3 Å². The highest BCUT2D eigenvalue weighted by molar-refractivity contribution is 5.99. The summed E-state index contributed by atoms with van der Waals surface area (Å²) < 4.78 is 5.75. The number of aliphatic hydroxyl groups is 1. The minimum atomic E-state index is -0.543. The van der Waals surface area contributed by atoms with Crippen molar-refractivity contribution in [2.75, 3.05) is 49.5 Å². The van der Waals surface area contributed by atoms with E-state index in [1.54, 1.807) is 0 Å². The Morgan fingerprint density at radius 3 is 2.75 bits per heavy atom. The van der Waals surface area contributed by atoms with Gasteiger partial charge in [-0.3, -0.25) is 9.69 Å². The van der Waals surface area contributed by atoms with Gasteiger partial charge in [0.2, 0.25) is 5.91 Å². The average molecular weight is 381 g/mol. The fourth-order valence-corrected chi connectivity index (χ4v) is 3.85. The van der Waals surface area contributed by atoms with Gasteiger partial charge in [0.1, 0.15) is 18.5 Å². The molecule has 2 heterocycles. The summed E-state index contributed by atoms with van der Waals surface area (Å²) in [7, 11) is 0. The van der Waals surface area contributed by atoms with Crippen molar-refractivity contribution in [1.29, 1.82) is 0 Å². The number of amides is 1. The number of carbonyl (C=O) groups is 1. The number of anilines is 2. The van der Waals surface area contributed by atoms with E-state index in [-0.39, 0.29) is 12.5 Å². The highest BCUT2D eigenvalue weighted by Crippen LogP contribution is 2.27. The molecule has 4 rings (SSSR count). The van der Waals surface area contributed by atoms with E-state index in [0.29, 0.717) is 18.7 Å². The molecule has 0 aliphatic carbocycles. The number of fused-ring (bicyclic) bond motifs is 1. The quantitative estimate of drug-likeness (QED) is 0.802. The Hall–Kier alpha value is -2.57. The summed E-state index contributed by atoms with van der Waals surface area (Å²) in [6.07, 6.45) is -0.154. The predicted octanol–water partition coefficient (Wildman–Crippen LogP) is 2.05. The molecule has 6 heteroatoms. The molecule has 2 N–H and O–H groups in total. The maximum absolute atomic E-state index is 11.4. The van der Waals surface area contributed by atoms with Crippen LogP contribution in [0.25, 0.3) is 0 Å². The van der Waals surface area contributed by atoms with Gasteiger partial charge < -0.3 is 20.1 Å². The van der Waals surface area contributed by atoms with E-state index < -0.39 is 6.10 Å². The Labute approximate surface area is 165 Å². The summed E-state index contributed by atoms with van der Waals surface area (Å²) in [5, 5.41) is 13.2. The molecule has 0 bridgehead atoms. The Bertz CT molecular complexity index is 847. The van der Waals surface area contributed by atoms with Crippen LogP contribution in [0.15, 0.2) is 42.5 Å². The zero-order chi connectivity index (χ0) is 19.5. The molecule has 0 saturated carbocycles. The van der Waals surface area contributed by atoms with Crippen LogP contribution in [0.5, 0.6) is 5.75 Å². The number of nitrogens with zero attached hydrogens (tertiary/aromatic N) is 2. The fraction of sp³-hybridized carbons (Fsp3) is 0.409. The normalized spacial score (nSPS) is 17.9. The number of hydrogen-bond acceptors (Lipinski definition) is 5. The second kappa shape index (κ2) is 8.20. The van der Waals surface area contributed by atoms with Gasteiger partial charge in [0.05, 0.1) is 6.42 Å². The maximum Gasteiger partial charge on any atom is 0.228 e. The van der Waals surface area contributed by atoms with Crippen molar-refractivity contribution in [2.24, 2.45) is 0 Å². The molecule has 0 spiro atoms. The van der Waals surface area contributed by atoms with E-state index in [1.807, 2.05) is 18.2 Å². The second-order valence-electron chi connectivity index (χ2n) is 7.64. The summed E-state index contributed by atoms with van der Waals surface area (Å²) in [5.41, 5.74) is 4.35. The predicted molar refractivity (Wildman–Crippen MR) is 110 cm³/mol. The zero-order valence-electron chi connectivity index (χ0n) is 16.2. The number of nitrogens with one attached hydrogen (secondary N) is 1. The third kappa shape index (κ3) is 4.46. The molecule has 2 aliphatic rings. The van der Waals surface area contributed by atoms with Gasteiger partial charge in [0, 0.05) is 44.1 Å². The highest BCUT2D eigenvalue weighted by atomic mass is 16.5. The second-order valence-corrected chi connectivity index (χ2v) is 7.64. The van der Waals surface area contributed by atoms with Crippen LogP contribution in [0.1, 0.15) is 11.1 Å². The summed E-state index contributed by atoms with van der Waals surface area (Å²) in [5.74, 6) is 0.704. The molecular formula is C22H27N3O3. The van der Waals surface area contributed by atoms with Gasteiger partial charge in [0.25, 0.3) is 0 Å². The van der Waals surface area contributed by atoms with Crippen LogP contribution in [-0.2, 0) is 11.2 Å². The summed E-state index contributed by atoms with van der Waals surface area (Å²) in [6, 6.07) is 14.2. The number of carbonyl (C=O) groups excluding carboxylic acids is 1. The summed E-state index contributed by atoms with van der Waals surface area (Å²) in [4.78, 5) is 16.1. The summed E-state index contributed by atoms with van der Waals surface area (Å²) >= 11 is 0. The van der Waals surface area contributed by atoms with Crippen molar-refractivity contribution in [3.8, 4) is 5.75 Å². The first-order chi connectivity index (χ1) is 13.6. The van der Waals surface area contributed by atoms with E-state index >= 15 is 0 Å². The van der Waals surface area contributed by atoms with Crippen LogP contribution >= 0.6 is 0 Å². The molecule has 1 unspecified atom stereocenters. The van der Waals surface area contributed by atoms with Crippen molar-refractivity contribution in [3.63, 3.8) is 0 Å². The van der Waals surface area contributed by atoms with Gasteiger partial charge in [-0.1, -0.05) is 12.1 Å². The van der Waals surface area contributed by atoms with Crippen LogP contribution in [0, 0.1) is 6.92 Å². The number of benzene rings is 2. The molecule has 1 saturated heterocycles. The van der Waals surface area contributed by atoms with E-state index in [4.69, 9.17) is 4.74 Å². The van der Waals surface area contributed by atoms with Crippen molar-refractivity contribution in [3.05, 3.63) is 53.6 Å². The number of piperazine rings is 1. The minimum absolute atomic E-state index is 0.0111. The largest absolute Gasteiger partial charge is 0.491 e. The summed E-state index contributed by atoms with van der Waals surface area (Å²) in [6.45, 7) is 6.75. The number of β-amino-alcohol motifs (C(OH)–C–C–N with tert-alkyl or cyclic N) is 1. The zero-order valence-corrected chi connectivity index (χ0v) is 16.2. The third-order valence-electron chi connectivity index (χ3n) is 5.35. The molecule has 1 atom stereocenters. The molecular weight excluding hydrogens is 354 g/mol. The topological polar surface area (TPSA) is 65.0 Å². The fourth-order valence-electron chi connectivity index (χ4n) is 3.85. The Balaban J connectivity index is 1.22. The lowest BCUT2D eigenvalue weighted by Gasteiger charge is -2.37. The van der Waals surface area contributed by atoms with Gasteiger partial charge in [-0.2, -0.15) is 0 Å². The average Bonchev–Trinajstić information content (AvgIpc) is 3.06. The molecule has 0 aromatic heterocycles. The van der Waals surface area contributed by atoms with Crippen molar-refractivity contribution < 1.29 is 14.6 Å². The Morgan fingerprint density at radius 2 is 1.96 bits per heavy atom. The minimum Gasteiger partial charge on any atom is -0.491 e. The van der Waals surface area contributed by atoms with Gasteiger partial charge in [-0.25, -0.2) is 0 Å². The van der Waals surface area contributed by atoms with Crippen molar-refractivity contribution in [1.82, 2.24) is 4.90 Å². The van der Waals surface area contributed by atoms with Crippen LogP contribution in [0.2, 0.25) is 0 Å². The number of rotatable bonds is 6. The SMILES string of the molecule is Cc1cccc(N2CCN(CC(O)COc3ccc4c(c3)CC(=O)N4)CC2)c1. The van der Waals surface area contributed by atoms with E-state index in [9.17, 15) is 9.90 Å². The molecule has 1 fully saturated rings. The molecule has 2 aromatic rings. The first-order valence-corrected chi connectivity index (χ1v) is 9.84. The molecule has 1 amide bonds. The van der Waals surface area contributed by atoms with Gasteiger partial charge in [0.15, 0.2) is 0 Å². The molecule has 2 aliphatic heterocycles. The lowest BCUT2D eigenvalue weighted by molar-refractivity contribution is -0.115. The Morgan fingerprint density at radius 1 is 1.14 bits per heavy atom. The third-order valence-corrected chi connectivity index (χ3v) is 5.35. The van der Waals surface area contributed by atoms with Crippen LogP contribution < -0.4 is 15.0 Å². The molecule has 6 nitrogen and oxygen atoms in total. The molecule has 2 aromatic carbocycles. The van der Waals surface area contributed by atoms with E-state index in [1.165, 1.54) is 11.3 Å². The number of ether oxygens (including phenoxy) is 1.